The Morgan fingerprint density at radius 1 is 0.367 bits per heavy atom. The standard InChI is InChI=1S/C24H20P.4ClH.Ga/c1-5-13-21(14-6-1)25(22-15-7-2-8-16-22,23-17-9-3-10-18-23)24-19-11-4-12-20-24;;;;;/h1-20H;4*1H;/q+1;;;;;+3/p-4. The maximum Gasteiger partial charge on any atom is 0.144 e. The van der Waals surface area contributed by atoms with Crippen LogP contribution in [0.1, 0.15) is 0 Å². The van der Waals surface area contributed by atoms with Crippen LogP contribution in [0.15, 0.2) is 121 Å². The Balaban J connectivity index is 0.000000461. The number of halogens is 4. The van der Waals surface area contributed by atoms with Crippen molar-refractivity contribution in [3.63, 3.8) is 0 Å². The molecule has 0 N–H and O–H groups in total. The molecule has 30 heavy (non-hydrogen) atoms. The second-order valence-electron chi connectivity index (χ2n) is 6.51. The molecule has 0 saturated heterocycles. The average molecular weight is 551 g/mol. The quantitative estimate of drug-likeness (QED) is 0.196. The minimum atomic E-state index is -3.24. The van der Waals surface area contributed by atoms with Gasteiger partial charge in [0.2, 0.25) is 0 Å². The van der Waals surface area contributed by atoms with Crippen molar-refractivity contribution in [3.05, 3.63) is 121 Å². The van der Waals surface area contributed by atoms with Crippen molar-refractivity contribution < 1.29 is 0 Å². The molecule has 4 aromatic rings. The summed E-state index contributed by atoms with van der Waals surface area (Å²) in [5.74, 6) is 0. The SMILES string of the molecule is [Cl][Ga-]([Cl])([Cl])[Cl].c1ccc([P+](c2ccccc2)(c2ccccc2)c2ccccc2)cc1. The van der Waals surface area contributed by atoms with E-state index in [1.54, 1.807) is 0 Å². The first-order valence-electron chi connectivity index (χ1n) is 9.41. The zero-order valence-electron chi connectivity index (χ0n) is 16.1. The molecule has 0 aromatic heterocycles. The summed E-state index contributed by atoms with van der Waals surface area (Å²) in [4.78, 5) is 0. The molecule has 0 heterocycles. The van der Waals surface area contributed by atoms with Crippen LogP contribution in [0.25, 0.3) is 0 Å². The Bertz CT molecular complexity index is 855. The van der Waals surface area contributed by atoms with Gasteiger partial charge in [0.15, 0.2) is 0 Å². The molecular weight excluding hydrogens is 531 g/mol. The van der Waals surface area contributed by atoms with E-state index < -0.39 is 18.3 Å². The first-order chi connectivity index (χ1) is 14.4. The average Bonchev–Trinajstić information content (AvgIpc) is 2.76. The van der Waals surface area contributed by atoms with E-state index in [-0.39, 0.29) is 0 Å². The molecule has 4 rings (SSSR count). The fraction of sp³-hybridized carbons (Fsp3) is 0. The van der Waals surface area contributed by atoms with Gasteiger partial charge in [-0.1, -0.05) is 72.8 Å². The number of hydrogen-bond donors (Lipinski definition) is 0. The Morgan fingerprint density at radius 2 is 0.533 bits per heavy atom. The summed E-state index contributed by atoms with van der Waals surface area (Å²) in [7, 11) is 18.2. The number of benzene rings is 4. The predicted octanol–water partition coefficient (Wildman–Crippen LogP) is 6.68. The molecule has 4 aromatic carbocycles. The molecular formula is C24H20Cl4GaP. The van der Waals surface area contributed by atoms with Gasteiger partial charge in [0, 0.05) is 0 Å². The van der Waals surface area contributed by atoms with E-state index in [1.165, 1.54) is 21.2 Å². The summed E-state index contributed by atoms with van der Waals surface area (Å²) in [6.07, 6.45) is 0. The molecule has 0 radical (unpaired) electrons. The van der Waals surface area contributed by atoms with Crippen molar-refractivity contribution in [1.29, 1.82) is 0 Å². The molecule has 6 heteroatoms. The van der Waals surface area contributed by atoms with Gasteiger partial charge in [-0.2, -0.15) is 0 Å². The van der Waals surface area contributed by atoms with Crippen LogP contribution in [0.3, 0.4) is 0 Å². The van der Waals surface area contributed by atoms with Crippen molar-refractivity contribution in [3.8, 4) is 0 Å². The van der Waals surface area contributed by atoms with E-state index >= 15 is 0 Å². The van der Waals surface area contributed by atoms with E-state index in [2.05, 4.69) is 121 Å². The van der Waals surface area contributed by atoms with Crippen LogP contribution in [0.2, 0.25) is 0 Å². The fourth-order valence-electron chi connectivity index (χ4n) is 3.50. The molecule has 0 unspecified atom stereocenters. The zero-order valence-corrected chi connectivity index (χ0v) is 22.4. The van der Waals surface area contributed by atoms with Crippen LogP contribution >= 0.6 is 45.8 Å². The van der Waals surface area contributed by atoms with Crippen molar-refractivity contribution in [2.24, 2.45) is 0 Å². The second kappa shape index (κ2) is 11.1. The Hall–Kier alpha value is -0.894. The van der Waals surface area contributed by atoms with Crippen LogP contribution in [-0.4, -0.2) is 11.0 Å². The molecule has 152 valence electrons. The van der Waals surface area contributed by atoms with Crippen LogP contribution < -0.4 is 21.2 Å². The van der Waals surface area contributed by atoms with Crippen molar-refractivity contribution in [2.75, 3.05) is 0 Å². The molecule has 0 fully saturated rings. The van der Waals surface area contributed by atoms with Crippen molar-refractivity contribution in [2.45, 2.75) is 0 Å². The minimum absolute atomic E-state index is 1.39. The third kappa shape index (κ3) is 6.08. The second-order valence-corrected chi connectivity index (χ2v) is 32.6. The van der Waals surface area contributed by atoms with E-state index in [0.717, 1.165) is 0 Å². The van der Waals surface area contributed by atoms with E-state index in [0.29, 0.717) is 0 Å². The first kappa shape index (κ1) is 23.8. The van der Waals surface area contributed by atoms with Crippen LogP contribution in [0.4, 0.5) is 0 Å². The largest absolute Gasteiger partial charge is 0.144 e. The van der Waals surface area contributed by atoms with Gasteiger partial charge in [-0.15, -0.1) is 0 Å². The Kier molecular flexibility index (Phi) is 8.80. The smallest absolute Gasteiger partial charge is 0.0620 e. The topological polar surface area (TPSA) is 0 Å². The maximum atomic E-state index is 5.03. The van der Waals surface area contributed by atoms with E-state index in [4.69, 9.17) is 38.6 Å². The summed E-state index contributed by atoms with van der Waals surface area (Å²) in [5, 5.41) is 5.55. The fourth-order valence-corrected chi connectivity index (χ4v) is 7.77. The van der Waals surface area contributed by atoms with Crippen LogP contribution in [-0.2, 0) is 0 Å². The summed E-state index contributed by atoms with van der Waals surface area (Å²) in [5.41, 5.74) is 0. The Labute approximate surface area is 198 Å². The van der Waals surface area contributed by atoms with Crippen LogP contribution in [0.5, 0.6) is 0 Å². The molecule has 0 saturated carbocycles. The van der Waals surface area contributed by atoms with Gasteiger partial charge >= 0.3 is 49.6 Å². The van der Waals surface area contributed by atoms with Crippen LogP contribution in [0, 0.1) is 0 Å². The first-order valence-corrected chi connectivity index (χ1v) is 23.9. The predicted molar refractivity (Wildman–Crippen MR) is 140 cm³/mol. The molecule has 0 atom stereocenters. The molecule has 0 bridgehead atoms. The summed E-state index contributed by atoms with van der Waals surface area (Å²) < 4.78 is 0. The van der Waals surface area contributed by atoms with Gasteiger partial charge in [0.05, 0.1) is 0 Å². The third-order valence-electron chi connectivity index (χ3n) is 4.57. The molecule has 0 aliphatic heterocycles. The van der Waals surface area contributed by atoms with Crippen molar-refractivity contribution in [1.82, 2.24) is 0 Å². The van der Waals surface area contributed by atoms with Gasteiger partial charge < -0.3 is 0 Å². The van der Waals surface area contributed by atoms with E-state index in [9.17, 15) is 0 Å². The normalized spacial score (nSPS) is 11.3. The molecule has 0 nitrogen and oxygen atoms in total. The molecule has 0 spiro atoms. The summed E-state index contributed by atoms with van der Waals surface area (Å²) >= 11 is -3.24. The van der Waals surface area contributed by atoms with E-state index in [1.807, 2.05) is 0 Å². The molecule has 0 aliphatic carbocycles. The third-order valence-corrected chi connectivity index (χ3v) is 8.86. The number of rotatable bonds is 4. The number of hydrogen-bond acceptors (Lipinski definition) is 0. The monoisotopic (exact) mass is 548 g/mol. The molecule has 0 aliphatic rings. The Morgan fingerprint density at radius 3 is 0.700 bits per heavy atom. The summed E-state index contributed by atoms with van der Waals surface area (Å²) in [6, 6.07) is 43.8. The van der Waals surface area contributed by atoms with Gasteiger partial charge in [0.25, 0.3) is 0 Å². The summed E-state index contributed by atoms with van der Waals surface area (Å²) in [6.45, 7) is 0. The molecule has 0 amide bonds. The van der Waals surface area contributed by atoms with Gasteiger partial charge in [0.1, 0.15) is 28.5 Å². The zero-order chi connectivity index (χ0) is 21.5. The maximum absolute atomic E-state index is 5.03. The van der Waals surface area contributed by atoms with Gasteiger partial charge in [-0.05, 0) is 48.5 Å². The van der Waals surface area contributed by atoms with Gasteiger partial charge in [-0.25, -0.2) is 0 Å². The van der Waals surface area contributed by atoms with Crippen molar-refractivity contribution >= 4 is 78.1 Å². The van der Waals surface area contributed by atoms with Gasteiger partial charge in [-0.3, -0.25) is 0 Å². The minimum Gasteiger partial charge on any atom is -0.0620 e.